The molecule has 1 aliphatic rings. The first-order valence-electron chi connectivity index (χ1n) is 9.08. The second kappa shape index (κ2) is 6.48. The Balaban J connectivity index is 1.66. The van der Waals surface area contributed by atoms with Crippen LogP contribution in [0.4, 0.5) is 5.82 Å². The van der Waals surface area contributed by atoms with Crippen LogP contribution in [0.15, 0.2) is 55.0 Å². The Kier molecular flexibility index (Phi) is 3.83. The van der Waals surface area contributed by atoms with Crippen molar-refractivity contribution in [1.29, 1.82) is 0 Å². The third kappa shape index (κ3) is 2.84. The highest BCUT2D eigenvalue weighted by atomic mass is 16.3. The Labute approximate surface area is 156 Å². The number of nitrogens with zero attached hydrogens (tertiary/aromatic N) is 4. The molecule has 0 aliphatic carbocycles. The lowest BCUT2D eigenvalue weighted by atomic mass is 10.0. The lowest BCUT2D eigenvalue weighted by Gasteiger charge is -2.29. The van der Waals surface area contributed by atoms with E-state index >= 15 is 0 Å². The van der Waals surface area contributed by atoms with Crippen LogP contribution in [-0.4, -0.2) is 46.2 Å². The van der Waals surface area contributed by atoms with E-state index in [0.29, 0.717) is 0 Å². The third-order valence-corrected chi connectivity index (χ3v) is 5.04. The maximum absolute atomic E-state index is 10.1. The molecule has 5 rings (SSSR count). The number of pyridine rings is 1. The van der Waals surface area contributed by atoms with Crippen molar-refractivity contribution < 1.29 is 5.11 Å². The normalized spacial score (nSPS) is 14.7. The predicted molar refractivity (Wildman–Crippen MR) is 107 cm³/mol. The molecule has 2 aromatic carbocycles. The summed E-state index contributed by atoms with van der Waals surface area (Å²) in [7, 11) is 0. The SMILES string of the molecule is Oc1cc(-c2cc3ncnc(N4CCNCC4)c3cn2)c2ccccc2c1. The number of aromatic nitrogens is 3. The van der Waals surface area contributed by atoms with Crippen molar-refractivity contribution in [3.63, 3.8) is 0 Å². The van der Waals surface area contributed by atoms with Crippen LogP contribution in [0.3, 0.4) is 0 Å². The van der Waals surface area contributed by atoms with E-state index in [0.717, 1.165) is 64.9 Å². The summed E-state index contributed by atoms with van der Waals surface area (Å²) >= 11 is 0. The maximum Gasteiger partial charge on any atom is 0.141 e. The largest absolute Gasteiger partial charge is 0.508 e. The smallest absolute Gasteiger partial charge is 0.141 e. The molecule has 2 N–H and O–H groups in total. The fourth-order valence-electron chi connectivity index (χ4n) is 3.72. The molecular formula is C21H19N5O. The van der Waals surface area contributed by atoms with Gasteiger partial charge in [-0.2, -0.15) is 0 Å². The molecule has 27 heavy (non-hydrogen) atoms. The molecule has 6 heteroatoms. The van der Waals surface area contributed by atoms with Crippen LogP contribution >= 0.6 is 0 Å². The van der Waals surface area contributed by atoms with Gasteiger partial charge in [-0.05, 0) is 29.0 Å². The molecule has 0 unspecified atom stereocenters. The number of fused-ring (bicyclic) bond motifs is 2. The fourth-order valence-corrected chi connectivity index (χ4v) is 3.72. The minimum Gasteiger partial charge on any atom is -0.508 e. The molecule has 0 amide bonds. The highest BCUT2D eigenvalue weighted by molar-refractivity contribution is 5.99. The van der Waals surface area contributed by atoms with E-state index in [1.807, 2.05) is 36.5 Å². The average Bonchev–Trinajstić information content (AvgIpc) is 2.73. The molecular weight excluding hydrogens is 338 g/mol. The summed E-state index contributed by atoms with van der Waals surface area (Å²) in [5.74, 6) is 1.16. The highest BCUT2D eigenvalue weighted by Gasteiger charge is 2.16. The number of piperazine rings is 1. The van der Waals surface area contributed by atoms with E-state index in [2.05, 4.69) is 20.2 Å². The van der Waals surface area contributed by atoms with E-state index in [1.54, 1.807) is 18.5 Å². The number of nitrogens with one attached hydrogen (secondary N) is 1. The molecule has 134 valence electrons. The van der Waals surface area contributed by atoms with E-state index < -0.39 is 0 Å². The van der Waals surface area contributed by atoms with E-state index in [-0.39, 0.29) is 5.75 Å². The summed E-state index contributed by atoms with van der Waals surface area (Å²) in [6.07, 6.45) is 3.46. The number of phenolic OH excluding ortho intramolecular Hbond substituents is 1. The topological polar surface area (TPSA) is 74.2 Å². The van der Waals surface area contributed by atoms with Gasteiger partial charge in [-0.15, -0.1) is 0 Å². The van der Waals surface area contributed by atoms with Gasteiger partial charge in [-0.1, -0.05) is 24.3 Å². The second-order valence-corrected chi connectivity index (χ2v) is 6.74. The van der Waals surface area contributed by atoms with Crippen LogP contribution in [-0.2, 0) is 0 Å². The number of rotatable bonds is 2. The van der Waals surface area contributed by atoms with Crippen molar-refractivity contribution in [2.24, 2.45) is 0 Å². The molecule has 2 aromatic heterocycles. The average molecular weight is 357 g/mol. The van der Waals surface area contributed by atoms with Gasteiger partial charge in [-0.3, -0.25) is 4.98 Å². The quantitative estimate of drug-likeness (QED) is 0.575. The van der Waals surface area contributed by atoms with E-state index in [9.17, 15) is 5.11 Å². The molecule has 0 saturated carbocycles. The first-order chi connectivity index (χ1) is 13.3. The molecule has 0 radical (unpaired) electrons. The number of aromatic hydroxyl groups is 1. The highest BCUT2D eigenvalue weighted by Crippen LogP contribution is 2.33. The molecule has 1 saturated heterocycles. The fraction of sp³-hybridized carbons (Fsp3) is 0.190. The van der Waals surface area contributed by atoms with Gasteiger partial charge < -0.3 is 15.3 Å². The van der Waals surface area contributed by atoms with Crippen LogP contribution in [0.5, 0.6) is 5.75 Å². The molecule has 0 bridgehead atoms. The monoisotopic (exact) mass is 357 g/mol. The Morgan fingerprint density at radius 3 is 2.67 bits per heavy atom. The van der Waals surface area contributed by atoms with Gasteiger partial charge in [0.25, 0.3) is 0 Å². The zero-order valence-corrected chi connectivity index (χ0v) is 14.8. The minimum atomic E-state index is 0.231. The van der Waals surface area contributed by atoms with Gasteiger partial charge in [-0.25, -0.2) is 9.97 Å². The number of hydrogen-bond acceptors (Lipinski definition) is 6. The van der Waals surface area contributed by atoms with Crippen molar-refractivity contribution in [3.8, 4) is 17.0 Å². The number of anilines is 1. The van der Waals surface area contributed by atoms with Gasteiger partial charge in [0.2, 0.25) is 0 Å². The number of phenols is 1. The summed E-state index contributed by atoms with van der Waals surface area (Å²) in [6, 6.07) is 13.5. The van der Waals surface area contributed by atoms with Crippen molar-refractivity contribution >= 4 is 27.5 Å². The molecule has 1 fully saturated rings. The van der Waals surface area contributed by atoms with Crippen molar-refractivity contribution in [2.45, 2.75) is 0 Å². The van der Waals surface area contributed by atoms with Crippen LogP contribution in [0.1, 0.15) is 0 Å². The molecule has 1 aliphatic heterocycles. The lowest BCUT2D eigenvalue weighted by Crippen LogP contribution is -2.44. The molecule has 0 spiro atoms. The third-order valence-electron chi connectivity index (χ3n) is 5.04. The van der Waals surface area contributed by atoms with Crippen molar-refractivity contribution in [2.75, 3.05) is 31.1 Å². The number of benzene rings is 2. The van der Waals surface area contributed by atoms with Gasteiger partial charge in [0.15, 0.2) is 0 Å². The molecule has 6 nitrogen and oxygen atoms in total. The molecule has 4 aromatic rings. The van der Waals surface area contributed by atoms with E-state index in [4.69, 9.17) is 4.98 Å². The summed E-state index contributed by atoms with van der Waals surface area (Å²) in [4.78, 5) is 15.9. The van der Waals surface area contributed by atoms with Gasteiger partial charge in [0.05, 0.1) is 16.6 Å². The summed E-state index contributed by atoms with van der Waals surface area (Å²) < 4.78 is 0. The van der Waals surface area contributed by atoms with Crippen LogP contribution in [0.25, 0.3) is 32.9 Å². The van der Waals surface area contributed by atoms with Gasteiger partial charge >= 0.3 is 0 Å². The lowest BCUT2D eigenvalue weighted by molar-refractivity contribution is 0.476. The summed E-state index contributed by atoms with van der Waals surface area (Å²) in [6.45, 7) is 3.74. The minimum absolute atomic E-state index is 0.231. The number of hydrogen-bond donors (Lipinski definition) is 2. The van der Waals surface area contributed by atoms with Crippen LogP contribution in [0, 0.1) is 0 Å². The van der Waals surface area contributed by atoms with Gasteiger partial charge in [0.1, 0.15) is 17.9 Å². The first kappa shape index (κ1) is 16.0. The Hall–Kier alpha value is -3.25. The second-order valence-electron chi connectivity index (χ2n) is 6.74. The molecule has 3 heterocycles. The Morgan fingerprint density at radius 1 is 0.926 bits per heavy atom. The summed E-state index contributed by atoms with van der Waals surface area (Å²) in [5, 5.41) is 16.5. The first-order valence-corrected chi connectivity index (χ1v) is 9.08. The summed E-state index contributed by atoms with van der Waals surface area (Å²) in [5.41, 5.74) is 2.55. The predicted octanol–water partition coefficient (Wildman–Crippen LogP) is 2.96. The molecule has 0 atom stereocenters. The maximum atomic E-state index is 10.1. The van der Waals surface area contributed by atoms with Crippen LogP contribution < -0.4 is 10.2 Å². The van der Waals surface area contributed by atoms with Crippen molar-refractivity contribution in [1.82, 2.24) is 20.3 Å². The standard InChI is InChI=1S/C21H19N5O/c27-15-9-14-3-1-2-4-16(14)17(10-15)19-11-20-18(12-23-19)21(25-13-24-20)26-7-5-22-6-8-26/h1-4,9-13,22,27H,5-8H2. The zero-order chi connectivity index (χ0) is 18.2. The van der Waals surface area contributed by atoms with E-state index in [1.165, 1.54) is 0 Å². The van der Waals surface area contributed by atoms with Crippen molar-refractivity contribution in [3.05, 3.63) is 55.0 Å². The Bertz CT molecular complexity index is 1140. The zero-order valence-electron chi connectivity index (χ0n) is 14.8. The van der Waals surface area contributed by atoms with Gasteiger partial charge in [0, 0.05) is 37.9 Å². The Morgan fingerprint density at radius 2 is 1.78 bits per heavy atom. The van der Waals surface area contributed by atoms with Crippen LogP contribution in [0.2, 0.25) is 0 Å².